The van der Waals surface area contributed by atoms with Gasteiger partial charge in [-0.3, -0.25) is 14.2 Å². The van der Waals surface area contributed by atoms with E-state index in [4.69, 9.17) is 4.52 Å². The quantitative estimate of drug-likeness (QED) is 0.525. The van der Waals surface area contributed by atoms with E-state index in [-0.39, 0.29) is 23.9 Å². The Morgan fingerprint density at radius 2 is 1.73 bits per heavy atom. The molecule has 7 heteroatoms. The maximum absolute atomic E-state index is 13.0. The number of likely N-dealkylation sites (tertiary alicyclic amines) is 1. The molecule has 30 heavy (non-hydrogen) atoms. The van der Waals surface area contributed by atoms with Crippen LogP contribution in [0.25, 0.3) is 33.7 Å². The summed E-state index contributed by atoms with van der Waals surface area (Å²) < 4.78 is 7.01. The summed E-state index contributed by atoms with van der Waals surface area (Å²) in [6.07, 6.45) is 2.03. The number of fused-ring (bicyclic) bond motifs is 1. The zero-order valence-electron chi connectivity index (χ0n) is 16.3. The van der Waals surface area contributed by atoms with Crippen LogP contribution >= 0.6 is 0 Å². The molecule has 0 spiro atoms. The summed E-state index contributed by atoms with van der Waals surface area (Å²) in [7, 11) is 0. The highest BCUT2D eigenvalue weighted by Gasteiger charge is 2.21. The number of amides is 1. The van der Waals surface area contributed by atoms with Gasteiger partial charge in [0.1, 0.15) is 6.54 Å². The van der Waals surface area contributed by atoms with E-state index in [1.165, 1.54) is 10.6 Å². The molecule has 5 rings (SSSR count). The molecule has 0 aliphatic carbocycles. The maximum atomic E-state index is 13.0. The number of carbonyl (C=O) groups is 1. The molecular weight excluding hydrogens is 380 g/mol. The summed E-state index contributed by atoms with van der Waals surface area (Å²) >= 11 is 0. The SMILES string of the molecule is O=C(Cn1c(=O)cc(-c2nc(-c3ccccc3)no2)c2ccccc21)N1CCCC1. The number of hydrogen-bond donors (Lipinski definition) is 0. The molecule has 0 saturated carbocycles. The largest absolute Gasteiger partial charge is 0.341 e. The van der Waals surface area contributed by atoms with Crippen molar-refractivity contribution in [1.29, 1.82) is 0 Å². The third kappa shape index (κ3) is 3.28. The van der Waals surface area contributed by atoms with Crippen LogP contribution in [0.3, 0.4) is 0 Å². The Labute approximate surface area is 172 Å². The second kappa shape index (κ2) is 7.59. The van der Waals surface area contributed by atoms with Gasteiger partial charge in [-0.2, -0.15) is 4.98 Å². The maximum Gasteiger partial charge on any atom is 0.259 e. The highest BCUT2D eigenvalue weighted by Crippen LogP contribution is 2.28. The van der Waals surface area contributed by atoms with Crippen LogP contribution in [0.2, 0.25) is 0 Å². The van der Waals surface area contributed by atoms with E-state index < -0.39 is 0 Å². The lowest BCUT2D eigenvalue weighted by Gasteiger charge is -2.17. The lowest BCUT2D eigenvalue weighted by Crippen LogP contribution is -2.34. The van der Waals surface area contributed by atoms with Crippen molar-refractivity contribution in [2.75, 3.05) is 13.1 Å². The number of rotatable bonds is 4. The molecule has 0 radical (unpaired) electrons. The summed E-state index contributed by atoms with van der Waals surface area (Å²) in [6.45, 7) is 1.54. The van der Waals surface area contributed by atoms with Crippen LogP contribution in [0.4, 0.5) is 0 Å². The first-order valence-electron chi connectivity index (χ1n) is 10.0. The van der Waals surface area contributed by atoms with E-state index in [1.54, 1.807) is 0 Å². The molecule has 1 saturated heterocycles. The minimum atomic E-state index is -0.268. The standard InChI is InChI=1S/C23H20N4O3/c28-20-14-18(23-24-22(25-30-23)16-8-2-1-3-9-16)17-10-4-5-11-19(17)27(20)15-21(29)26-12-6-7-13-26/h1-5,8-11,14H,6-7,12-13,15H2. The Balaban J connectivity index is 1.57. The van der Waals surface area contributed by atoms with Crippen LogP contribution in [0.1, 0.15) is 12.8 Å². The third-order valence-electron chi connectivity index (χ3n) is 5.46. The zero-order valence-corrected chi connectivity index (χ0v) is 16.3. The molecule has 4 aromatic rings. The molecule has 1 amide bonds. The molecule has 2 aromatic carbocycles. The topological polar surface area (TPSA) is 81.2 Å². The van der Waals surface area contributed by atoms with Gasteiger partial charge >= 0.3 is 0 Å². The number of hydrogen-bond acceptors (Lipinski definition) is 5. The highest BCUT2D eigenvalue weighted by atomic mass is 16.5. The number of carbonyl (C=O) groups excluding carboxylic acids is 1. The van der Waals surface area contributed by atoms with Crippen LogP contribution in [-0.2, 0) is 11.3 Å². The molecule has 2 aromatic heterocycles. The summed E-state index contributed by atoms with van der Waals surface area (Å²) in [4.78, 5) is 31.9. The first kappa shape index (κ1) is 18.3. The van der Waals surface area contributed by atoms with Crippen LogP contribution in [0.5, 0.6) is 0 Å². The van der Waals surface area contributed by atoms with Gasteiger partial charge in [0.25, 0.3) is 11.4 Å². The summed E-state index contributed by atoms with van der Waals surface area (Å²) in [5, 5.41) is 4.85. The molecule has 7 nitrogen and oxygen atoms in total. The molecule has 0 unspecified atom stereocenters. The van der Waals surface area contributed by atoms with E-state index in [9.17, 15) is 9.59 Å². The summed E-state index contributed by atoms with van der Waals surface area (Å²) in [6, 6.07) is 18.5. The van der Waals surface area contributed by atoms with Crippen molar-refractivity contribution < 1.29 is 9.32 Å². The molecule has 1 aliphatic rings. The van der Waals surface area contributed by atoms with Crippen molar-refractivity contribution in [3.8, 4) is 22.8 Å². The van der Waals surface area contributed by atoms with Gasteiger partial charge in [-0.15, -0.1) is 0 Å². The molecular formula is C23H20N4O3. The number of aromatic nitrogens is 3. The smallest absolute Gasteiger partial charge is 0.259 e. The Morgan fingerprint density at radius 1 is 1.00 bits per heavy atom. The Morgan fingerprint density at radius 3 is 2.53 bits per heavy atom. The monoisotopic (exact) mass is 400 g/mol. The van der Waals surface area contributed by atoms with E-state index in [0.29, 0.717) is 16.9 Å². The highest BCUT2D eigenvalue weighted by molar-refractivity contribution is 5.93. The molecule has 0 N–H and O–H groups in total. The Kier molecular flexibility index (Phi) is 4.63. The molecule has 3 heterocycles. The first-order valence-corrected chi connectivity index (χ1v) is 10.0. The van der Waals surface area contributed by atoms with Crippen LogP contribution in [-0.4, -0.2) is 38.6 Å². The Bertz CT molecular complexity index is 1270. The lowest BCUT2D eigenvalue weighted by molar-refractivity contribution is -0.130. The minimum absolute atomic E-state index is 0.0265. The normalized spacial score (nSPS) is 13.8. The predicted octanol–water partition coefficient (Wildman–Crippen LogP) is 3.34. The van der Waals surface area contributed by atoms with Crippen molar-refractivity contribution >= 4 is 16.8 Å². The lowest BCUT2D eigenvalue weighted by atomic mass is 10.1. The fourth-order valence-corrected chi connectivity index (χ4v) is 3.91. The number of pyridine rings is 1. The predicted molar refractivity (Wildman–Crippen MR) is 113 cm³/mol. The van der Waals surface area contributed by atoms with Gasteiger partial charge in [0.05, 0.1) is 11.1 Å². The summed E-state index contributed by atoms with van der Waals surface area (Å²) in [5.41, 5.74) is 1.80. The number of nitrogens with zero attached hydrogens (tertiary/aromatic N) is 4. The third-order valence-corrected chi connectivity index (χ3v) is 5.46. The van der Waals surface area contributed by atoms with Gasteiger partial charge in [-0.05, 0) is 18.9 Å². The van der Waals surface area contributed by atoms with Crippen LogP contribution in [0, 0.1) is 0 Å². The number of para-hydroxylation sites is 1. The molecule has 0 bridgehead atoms. The van der Waals surface area contributed by atoms with Gasteiger partial charge in [-0.1, -0.05) is 53.7 Å². The Hall–Kier alpha value is -3.74. The second-order valence-corrected chi connectivity index (χ2v) is 7.38. The fraction of sp³-hybridized carbons (Fsp3) is 0.217. The molecule has 0 atom stereocenters. The van der Waals surface area contributed by atoms with Crippen molar-refractivity contribution in [3.05, 3.63) is 71.0 Å². The van der Waals surface area contributed by atoms with Gasteiger partial charge in [0, 0.05) is 30.1 Å². The second-order valence-electron chi connectivity index (χ2n) is 7.38. The average Bonchev–Trinajstić information content (AvgIpc) is 3.49. The average molecular weight is 400 g/mol. The van der Waals surface area contributed by atoms with E-state index >= 15 is 0 Å². The van der Waals surface area contributed by atoms with Crippen LogP contribution in [0.15, 0.2) is 70.0 Å². The zero-order chi connectivity index (χ0) is 20.5. The van der Waals surface area contributed by atoms with Gasteiger partial charge in [0.15, 0.2) is 0 Å². The minimum Gasteiger partial charge on any atom is -0.341 e. The van der Waals surface area contributed by atoms with E-state index in [2.05, 4.69) is 10.1 Å². The summed E-state index contributed by atoms with van der Waals surface area (Å²) in [5.74, 6) is 0.708. The number of benzene rings is 2. The van der Waals surface area contributed by atoms with Crippen molar-refractivity contribution in [2.45, 2.75) is 19.4 Å². The van der Waals surface area contributed by atoms with E-state index in [1.807, 2.05) is 59.5 Å². The first-order chi connectivity index (χ1) is 14.7. The van der Waals surface area contributed by atoms with Crippen molar-refractivity contribution in [2.24, 2.45) is 0 Å². The fourth-order valence-electron chi connectivity index (χ4n) is 3.91. The molecule has 1 aliphatic heterocycles. The molecule has 1 fully saturated rings. The van der Waals surface area contributed by atoms with Crippen molar-refractivity contribution in [1.82, 2.24) is 19.6 Å². The van der Waals surface area contributed by atoms with Gasteiger partial charge < -0.3 is 9.42 Å². The van der Waals surface area contributed by atoms with E-state index in [0.717, 1.165) is 36.9 Å². The molecule has 150 valence electrons. The van der Waals surface area contributed by atoms with Gasteiger partial charge in [0.2, 0.25) is 11.7 Å². The van der Waals surface area contributed by atoms with Gasteiger partial charge in [-0.25, -0.2) is 0 Å². The van der Waals surface area contributed by atoms with Crippen LogP contribution < -0.4 is 5.56 Å². The van der Waals surface area contributed by atoms with Crippen molar-refractivity contribution in [3.63, 3.8) is 0 Å².